The molecule has 0 unspecified atom stereocenters. The third kappa shape index (κ3) is 2.55. The van der Waals surface area contributed by atoms with Crippen LogP contribution in [0.15, 0.2) is 66.9 Å². The summed E-state index contributed by atoms with van der Waals surface area (Å²) in [6, 6.07) is 20.5. The molecule has 2 aromatic heterocycles. The van der Waals surface area contributed by atoms with Gasteiger partial charge in [-0.05, 0) is 6.92 Å². The van der Waals surface area contributed by atoms with Crippen LogP contribution in [0.2, 0.25) is 0 Å². The topological polar surface area (TPSA) is 57.4 Å². The fourth-order valence-electron chi connectivity index (χ4n) is 2.66. The molecule has 4 rings (SSSR count). The van der Waals surface area contributed by atoms with Gasteiger partial charge in [-0.2, -0.15) is 0 Å². The lowest BCUT2D eigenvalue weighted by atomic mass is 10.1. The molecule has 23 heavy (non-hydrogen) atoms. The molecule has 0 saturated heterocycles. The zero-order chi connectivity index (χ0) is 15.6. The number of aryl methyl sites for hydroxylation is 1. The number of aromatic amines is 2. The molecule has 0 aliphatic rings. The van der Waals surface area contributed by atoms with E-state index in [0.717, 1.165) is 39.9 Å². The highest BCUT2D eigenvalue weighted by Gasteiger charge is 2.15. The van der Waals surface area contributed by atoms with Crippen molar-refractivity contribution in [3.63, 3.8) is 0 Å². The smallest absolute Gasteiger partial charge is 0.156 e. The Morgan fingerprint density at radius 1 is 0.783 bits per heavy atom. The number of nitrogens with zero attached hydrogens (tertiary/aromatic N) is 2. The monoisotopic (exact) mass is 300 g/mol. The number of H-pyrrole nitrogens is 2. The molecule has 2 N–H and O–H groups in total. The molecule has 0 aliphatic carbocycles. The summed E-state index contributed by atoms with van der Waals surface area (Å²) in [7, 11) is 0. The lowest BCUT2D eigenvalue weighted by Gasteiger charge is -2.02. The lowest BCUT2D eigenvalue weighted by molar-refractivity contribution is 1.14. The lowest BCUT2D eigenvalue weighted by Crippen LogP contribution is -1.82. The zero-order valence-corrected chi connectivity index (χ0v) is 12.7. The van der Waals surface area contributed by atoms with Gasteiger partial charge in [0, 0.05) is 11.1 Å². The maximum Gasteiger partial charge on any atom is 0.156 e. The summed E-state index contributed by atoms with van der Waals surface area (Å²) in [6.45, 7) is 1.93. The van der Waals surface area contributed by atoms with Gasteiger partial charge in [0.2, 0.25) is 0 Å². The fraction of sp³-hybridized carbons (Fsp3) is 0.0526. The van der Waals surface area contributed by atoms with E-state index in [9.17, 15) is 0 Å². The van der Waals surface area contributed by atoms with Gasteiger partial charge in [-0.3, -0.25) is 0 Å². The van der Waals surface area contributed by atoms with E-state index in [1.807, 2.05) is 43.3 Å². The molecular formula is C19H16N4. The van der Waals surface area contributed by atoms with E-state index in [1.54, 1.807) is 6.20 Å². The van der Waals surface area contributed by atoms with Gasteiger partial charge < -0.3 is 9.97 Å². The highest BCUT2D eigenvalue weighted by atomic mass is 15.0. The molecule has 0 atom stereocenters. The summed E-state index contributed by atoms with van der Waals surface area (Å²) in [6.07, 6.45) is 1.80. The van der Waals surface area contributed by atoms with Crippen LogP contribution in [0.25, 0.3) is 34.0 Å². The SMILES string of the molecule is Cc1ncc(-c2nc(-c3ccccc3)c(-c3ccccc3)[nH]2)[nH]1. The third-order valence-electron chi connectivity index (χ3n) is 3.77. The highest BCUT2D eigenvalue weighted by Crippen LogP contribution is 2.32. The first-order chi connectivity index (χ1) is 11.3. The maximum absolute atomic E-state index is 4.81. The van der Waals surface area contributed by atoms with E-state index >= 15 is 0 Å². The van der Waals surface area contributed by atoms with Crippen LogP contribution < -0.4 is 0 Å². The normalized spacial score (nSPS) is 10.8. The molecule has 0 bridgehead atoms. The van der Waals surface area contributed by atoms with Gasteiger partial charge in [-0.1, -0.05) is 60.7 Å². The van der Waals surface area contributed by atoms with Gasteiger partial charge in [-0.15, -0.1) is 0 Å². The van der Waals surface area contributed by atoms with Crippen LogP contribution in [0.5, 0.6) is 0 Å². The minimum absolute atomic E-state index is 0.795. The van der Waals surface area contributed by atoms with Gasteiger partial charge in [0.15, 0.2) is 5.82 Å². The van der Waals surface area contributed by atoms with Crippen molar-refractivity contribution in [2.75, 3.05) is 0 Å². The fourth-order valence-corrected chi connectivity index (χ4v) is 2.66. The Kier molecular flexibility index (Phi) is 3.27. The van der Waals surface area contributed by atoms with Gasteiger partial charge in [-0.25, -0.2) is 9.97 Å². The van der Waals surface area contributed by atoms with Gasteiger partial charge in [0.25, 0.3) is 0 Å². The van der Waals surface area contributed by atoms with Crippen molar-refractivity contribution in [1.82, 2.24) is 19.9 Å². The Labute approximate surface area is 134 Å². The first-order valence-corrected chi connectivity index (χ1v) is 7.54. The first-order valence-electron chi connectivity index (χ1n) is 7.54. The third-order valence-corrected chi connectivity index (χ3v) is 3.77. The molecule has 0 fully saturated rings. The Bertz CT molecular complexity index is 863. The number of nitrogens with one attached hydrogen (secondary N) is 2. The molecule has 112 valence electrons. The summed E-state index contributed by atoms with van der Waals surface area (Å²) >= 11 is 0. The second kappa shape index (κ2) is 5.57. The first kappa shape index (κ1) is 13.5. The molecule has 2 heterocycles. The van der Waals surface area contributed by atoms with Crippen molar-refractivity contribution in [1.29, 1.82) is 0 Å². The molecule has 4 heteroatoms. The molecule has 4 nitrogen and oxygen atoms in total. The summed E-state index contributed by atoms with van der Waals surface area (Å²) in [5.41, 5.74) is 5.05. The molecule has 0 radical (unpaired) electrons. The molecule has 2 aromatic carbocycles. The molecular weight excluding hydrogens is 284 g/mol. The van der Waals surface area contributed by atoms with Crippen LogP contribution in [0.3, 0.4) is 0 Å². The number of imidazole rings is 2. The summed E-state index contributed by atoms with van der Waals surface area (Å²) in [5.74, 6) is 1.67. The molecule has 0 spiro atoms. The van der Waals surface area contributed by atoms with E-state index in [1.165, 1.54) is 0 Å². The van der Waals surface area contributed by atoms with Crippen molar-refractivity contribution >= 4 is 0 Å². The van der Waals surface area contributed by atoms with Gasteiger partial charge >= 0.3 is 0 Å². The standard InChI is InChI=1S/C19H16N4/c1-13-20-12-16(21-13)19-22-17(14-8-4-2-5-9-14)18(23-19)15-10-6-3-7-11-15/h2-12H,1H3,(H,20,21)(H,22,23). The van der Waals surface area contributed by atoms with Crippen LogP contribution >= 0.6 is 0 Å². The number of hydrogen-bond acceptors (Lipinski definition) is 2. The summed E-state index contributed by atoms with van der Waals surface area (Å²) in [5, 5.41) is 0. The van der Waals surface area contributed by atoms with Crippen molar-refractivity contribution in [3.05, 3.63) is 72.7 Å². The maximum atomic E-state index is 4.81. The Morgan fingerprint density at radius 3 is 2.04 bits per heavy atom. The van der Waals surface area contributed by atoms with Crippen LogP contribution in [0.1, 0.15) is 5.82 Å². The van der Waals surface area contributed by atoms with Gasteiger partial charge in [0.1, 0.15) is 11.5 Å². The highest BCUT2D eigenvalue weighted by molar-refractivity contribution is 5.80. The van der Waals surface area contributed by atoms with Gasteiger partial charge in [0.05, 0.1) is 17.6 Å². The van der Waals surface area contributed by atoms with Crippen molar-refractivity contribution in [2.24, 2.45) is 0 Å². The van der Waals surface area contributed by atoms with E-state index in [-0.39, 0.29) is 0 Å². The molecule has 0 amide bonds. The van der Waals surface area contributed by atoms with Crippen LogP contribution in [0.4, 0.5) is 0 Å². The number of rotatable bonds is 3. The minimum atomic E-state index is 0.795. The number of hydrogen-bond donors (Lipinski definition) is 2. The van der Waals surface area contributed by atoms with Crippen LogP contribution in [-0.4, -0.2) is 19.9 Å². The largest absolute Gasteiger partial charge is 0.340 e. The van der Waals surface area contributed by atoms with Crippen molar-refractivity contribution in [3.8, 4) is 34.0 Å². The second-order valence-electron chi connectivity index (χ2n) is 5.42. The molecule has 0 saturated carbocycles. The van der Waals surface area contributed by atoms with Crippen molar-refractivity contribution in [2.45, 2.75) is 6.92 Å². The molecule has 4 aromatic rings. The summed E-state index contributed by atoms with van der Waals surface area (Å²) in [4.78, 5) is 15.8. The van der Waals surface area contributed by atoms with Crippen molar-refractivity contribution < 1.29 is 0 Å². The second-order valence-corrected chi connectivity index (χ2v) is 5.42. The predicted octanol–water partition coefficient (Wildman–Crippen LogP) is 4.44. The molecule has 0 aliphatic heterocycles. The minimum Gasteiger partial charge on any atom is -0.340 e. The Balaban J connectivity index is 1.91. The number of benzene rings is 2. The average molecular weight is 300 g/mol. The van der Waals surface area contributed by atoms with Crippen LogP contribution in [-0.2, 0) is 0 Å². The Hall–Kier alpha value is -3.14. The summed E-state index contributed by atoms with van der Waals surface area (Å²) < 4.78 is 0. The van der Waals surface area contributed by atoms with Crippen LogP contribution in [0, 0.1) is 6.92 Å². The van der Waals surface area contributed by atoms with E-state index in [2.05, 4.69) is 39.2 Å². The zero-order valence-electron chi connectivity index (χ0n) is 12.7. The van der Waals surface area contributed by atoms with E-state index in [0.29, 0.717) is 0 Å². The average Bonchev–Trinajstić information content (AvgIpc) is 3.23. The van der Waals surface area contributed by atoms with E-state index in [4.69, 9.17) is 4.98 Å². The number of aromatic nitrogens is 4. The predicted molar refractivity (Wildman–Crippen MR) is 91.8 cm³/mol. The van der Waals surface area contributed by atoms with E-state index < -0.39 is 0 Å². The Morgan fingerprint density at radius 2 is 1.43 bits per heavy atom. The quantitative estimate of drug-likeness (QED) is 0.587.